The Kier molecular flexibility index (Phi) is 5.40. The molecule has 0 N–H and O–H groups in total. The molecule has 8 heteroatoms. The van der Waals surface area contributed by atoms with Gasteiger partial charge in [-0.15, -0.1) is 0 Å². The van der Waals surface area contributed by atoms with Gasteiger partial charge in [-0.25, -0.2) is 14.8 Å². The number of likely N-dealkylation sites (tertiary alicyclic amines) is 1. The molecule has 1 fully saturated rings. The molecule has 1 aliphatic rings. The lowest BCUT2D eigenvalue weighted by Gasteiger charge is -2.27. The molecule has 0 aliphatic carbocycles. The molecule has 1 aromatic carbocycles. The monoisotopic (exact) mass is 386 g/mol. The molecule has 0 bridgehead atoms. The van der Waals surface area contributed by atoms with Crippen molar-refractivity contribution in [2.75, 3.05) is 20.1 Å². The van der Waals surface area contributed by atoms with E-state index in [0.29, 0.717) is 19.0 Å². The number of fused-ring (bicyclic) bond motifs is 1. The number of rotatable bonds is 3. The highest BCUT2D eigenvalue weighted by atomic mass is 16.6. The Bertz CT molecular complexity index is 880. The predicted octanol–water partition coefficient (Wildman–Crippen LogP) is 2.47. The van der Waals surface area contributed by atoms with Crippen LogP contribution in [0.1, 0.15) is 27.7 Å². The second-order valence-electron chi connectivity index (χ2n) is 7.94. The van der Waals surface area contributed by atoms with Crippen molar-refractivity contribution in [3.8, 4) is 5.88 Å². The summed E-state index contributed by atoms with van der Waals surface area (Å²) in [5, 5.41) is 0. The second-order valence-corrected chi connectivity index (χ2v) is 7.94. The highest BCUT2D eigenvalue weighted by Crippen LogP contribution is 2.23. The molecule has 0 saturated carbocycles. The maximum atomic E-state index is 12.5. The van der Waals surface area contributed by atoms with E-state index in [0.717, 1.165) is 11.0 Å². The number of hydrogen-bond acceptors (Lipinski definition) is 6. The maximum Gasteiger partial charge on any atom is 0.410 e. The first-order chi connectivity index (χ1) is 13.1. The molecule has 2 atom stereocenters. The normalized spacial score (nSPS) is 19.5. The average Bonchev–Trinajstić information content (AvgIpc) is 3.03. The number of carbonyl (C=O) groups is 2. The SMILES string of the molecule is CC(=O)N(C)C1CN(C(=O)OC(C)(C)C)CC1Oc1cnc2ccccc2n1. The van der Waals surface area contributed by atoms with E-state index in [9.17, 15) is 9.59 Å². The van der Waals surface area contributed by atoms with Gasteiger partial charge in [-0.05, 0) is 32.9 Å². The van der Waals surface area contributed by atoms with Gasteiger partial charge in [0.1, 0.15) is 11.7 Å². The van der Waals surface area contributed by atoms with Gasteiger partial charge < -0.3 is 19.3 Å². The Labute approximate surface area is 164 Å². The van der Waals surface area contributed by atoms with Crippen LogP contribution in [-0.4, -0.2) is 69.7 Å². The fourth-order valence-electron chi connectivity index (χ4n) is 3.11. The Morgan fingerprint density at radius 2 is 1.86 bits per heavy atom. The van der Waals surface area contributed by atoms with Crippen LogP contribution in [-0.2, 0) is 9.53 Å². The number of amides is 2. The number of ether oxygens (including phenoxy) is 2. The van der Waals surface area contributed by atoms with Gasteiger partial charge in [0.05, 0.1) is 29.8 Å². The second kappa shape index (κ2) is 7.61. The molecule has 1 aromatic heterocycles. The van der Waals surface area contributed by atoms with E-state index in [-0.39, 0.29) is 11.9 Å². The van der Waals surface area contributed by atoms with Gasteiger partial charge in [-0.1, -0.05) is 12.1 Å². The summed E-state index contributed by atoms with van der Waals surface area (Å²) in [4.78, 5) is 36.4. The quantitative estimate of drug-likeness (QED) is 0.806. The number of hydrogen-bond donors (Lipinski definition) is 0. The Balaban J connectivity index is 1.80. The molecule has 2 aromatic rings. The van der Waals surface area contributed by atoms with Crippen LogP contribution in [0.5, 0.6) is 5.88 Å². The third-order valence-corrected chi connectivity index (χ3v) is 4.58. The standard InChI is InChI=1S/C20H26N4O4/c1-13(25)23(5)16-11-24(19(26)28-20(2,3)4)12-17(16)27-18-10-21-14-8-6-7-9-15(14)22-18/h6-10,16-17H,11-12H2,1-5H3. The van der Waals surface area contributed by atoms with Crippen molar-refractivity contribution in [3.05, 3.63) is 30.5 Å². The van der Waals surface area contributed by atoms with E-state index in [1.54, 1.807) is 23.0 Å². The molecule has 1 aliphatic heterocycles. The number of likely N-dealkylation sites (N-methyl/N-ethyl adjacent to an activating group) is 1. The van der Waals surface area contributed by atoms with Gasteiger partial charge in [0.25, 0.3) is 0 Å². The molecule has 2 unspecified atom stereocenters. The zero-order valence-electron chi connectivity index (χ0n) is 16.9. The number of para-hydroxylation sites is 2. The van der Waals surface area contributed by atoms with Crippen molar-refractivity contribution in [3.63, 3.8) is 0 Å². The van der Waals surface area contributed by atoms with Gasteiger partial charge in [0, 0.05) is 20.5 Å². The van der Waals surface area contributed by atoms with Gasteiger partial charge >= 0.3 is 6.09 Å². The molecule has 8 nitrogen and oxygen atoms in total. The van der Waals surface area contributed by atoms with Crippen molar-refractivity contribution >= 4 is 23.0 Å². The molecular weight excluding hydrogens is 360 g/mol. The summed E-state index contributed by atoms with van der Waals surface area (Å²) in [7, 11) is 1.70. The van der Waals surface area contributed by atoms with Crippen LogP contribution >= 0.6 is 0 Å². The van der Waals surface area contributed by atoms with E-state index >= 15 is 0 Å². The fraction of sp³-hybridized carbons (Fsp3) is 0.500. The number of benzene rings is 1. The molecule has 0 radical (unpaired) electrons. The minimum atomic E-state index is -0.595. The van der Waals surface area contributed by atoms with Crippen molar-refractivity contribution in [1.82, 2.24) is 19.8 Å². The predicted molar refractivity (Wildman–Crippen MR) is 104 cm³/mol. The van der Waals surface area contributed by atoms with Gasteiger partial charge in [0.2, 0.25) is 11.8 Å². The molecule has 0 spiro atoms. The molecule has 3 rings (SSSR count). The minimum absolute atomic E-state index is 0.103. The molecule has 150 valence electrons. The zero-order chi connectivity index (χ0) is 20.5. The summed E-state index contributed by atoms with van der Waals surface area (Å²) < 4.78 is 11.5. The molecule has 2 heterocycles. The van der Waals surface area contributed by atoms with E-state index in [1.807, 2.05) is 45.0 Å². The summed E-state index contributed by atoms with van der Waals surface area (Å²) in [6, 6.07) is 7.20. The van der Waals surface area contributed by atoms with Crippen LogP contribution in [0, 0.1) is 0 Å². The fourth-order valence-corrected chi connectivity index (χ4v) is 3.11. The maximum absolute atomic E-state index is 12.5. The van der Waals surface area contributed by atoms with Crippen LogP contribution in [0.4, 0.5) is 4.79 Å². The summed E-state index contributed by atoms with van der Waals surface area (Å²) in [5.41, 5.74) is 0.898. The molecule has 1 saturated heterocycles. The van der Waals surface area contributed by atoms with Gasteiger partial charge in [-0.3, -0.25) is 4.79 Å². The van der Waals surface area contributed by atoms with E-state index in [4.69, 9.17) is 9.47 Å². The first-order valence-electron chi connectivity index (χ1n) is 9.24. The zero-order valence-corrected chi connectivity index (χ0v) is 16.9. The van der Waals surface area contributed by atoms with Crippen molar-refractivity contribution in [2.24, 2.45) is 0 Å². The lowest BCUT2D eigenvalue weighted by Crippen LogP contribution is -2.45. The summed E-state index contributed by atoms with van der Waals surface area (Å²) in [6.07, 6.45) is 0.700. The first-order valence-corrected chi connectivity index (χ1v) is 9.24. The lowest BCUT2D eigenvalue weighted by molar-refractivity contribution is -0.130. The Hall–Kier alpha value is -2.90. The van der Waals surface area contributed by atoms with Crippen molar-refractivity contribution in [1.29, 1.82) is 0 Å². The number of aromatic nitrogens is 2. The van der Waals surface area contributed by atoms with Crippen LogP contribution in [0.3, 0.4) is 0 Å². The van der Waals surface area contributed by atoms with E-state index in [2.05, 4.69) is 9.97 Å². The highest BCUT2D eigenvalue weighted by Gasteiger charge is 2.41. The summed E-state index contributed by atoms with van der Waals surface area (Å²) in [6.45, 7) is 7.57. The highest BCUT2D eigenvalue weighted by molar-refractivity contribution is 5.75. The van der Waals surface area contributed by atoms with Gasteiger partial charge in [0.15, 0.2) is 0 Å². The number of nitrogens with zero attached hydrogens (tertiary/aromatic N) is 4. The first kappa shape index (κ1) is 19.9. The average molecular weight is 386 g/mol. The topological polar surface area (TPSA) is 84.9 Å². The lowest BCUT2D eigenvalue weighted by atomic mass is 10.2. The Morgan fingerprint density at radius 3 is 2.50 bits per heavy atom. The Morgan fingerprint density at radius 1 is 1.18 bits per heavy atom. The van der Waals surface area contributed by atoms with Crippen LogP contribution in [0.25, 0.3) is 11.0 Å². The van der Waals surface area contributed by atoms with Crippen LogP contribution in [0.2, 0.25) is 0 Å². The third-order valence-electron chi connectivity index (χ3n) is 4.58. The molecule has 2 amide bonds. The number of carbonyl (C=O) groups excluding carboxylic acids is 2. The van der Waals surface area contributed by atoms with Crippen molar-refractivity contribution in [2.45, 2.75) is 45.4 Å². The van der Waals surface area contributed by atoms with E-state index in [1.165, 1.54) is 6.92 Å². The smallest absolute Gasteiger partial charge is 0.410 e. The summed E-state index contributed by atoms with van der Waals surface area (Å²) >= 11 is 0. The van der Waals surface area contributed by atoms with Crippen molar-refractivity contribution < 1.29 is 19.1 Å². The minimum Gasteiger partial charge on any atom is -0.469 e. The largest absolute Gasteiger partial charge is 0.469 e. The van der Waals surface area contributed by atoms with Crippen LogP contribution in [0.15, 0.2) is 30.5 Å². The molecule has 28 heavy (non-hydrogen) atoms. The van der Waals surface area contributed by atoms with Gasteiger partial charge in [-0.2, -0.15) is 0 Å². The summed E-state index contributed by atoms with van der Waals surface area (Å²) in [5.74, 6) is 0.255. The van der Waals surface area contributed by atoms with Crippen LogP contribution < -0.4 is 4.74 Å². The molecular formula is C20H26N4O4. The van der Waals surface area contributed by atoms with E-state index < -0.39 is 17.8 Å². The third kappa shape index (κ3) is 4.49.